The van der Waals surface area contributed by atoms with Crippen LogP contribution in [0.2, 0.25) is 0 Å². The average Bonchev–Trinajstić information content (AvgIpc) is 2.98. The lowest BCUT2D eigenvalue weighted by atomic mass is 10.1. The number of aromatic nitrogens is 4. The van der Waals surface area contributed by atoms with Crippen LogP contribution in [0.1, 0.15) is 16.8 Å². The van der Waals surface area contributed by atoms with Gasteiger partial charge in [-0.25, -0.2) is 0 Å². The molecule has 0 aliphatic carbocycles. The topological polar surface area (TPSA) is 63.6 Å². The van der Waals surface area contributed by atoms with E-state index in [1.165, 1.54) is 23.0 Å². The molecule has 0 aliphatic rings. The molecule has 0 saturated heterocycles. The third kappa shape index (κ3) is 4.45. The summed E-state index contributed by atoms with van der Waals surface area (Å²) in [6.45, 7) is 4.05. The summed E-state index contributed by atoms with van der Waals surface area (Å²) >= 11 is 2.39. The van der Waals surface area contributed by atoms with Crippen molar-refractivity contribution in [1.82, 2.24) is 20.4 Å². The second-order valence-electron chi connectivity index (χ2n) is 5.15. The second-order valence-corrected chi connectivity index (χ2v) is 7.40. The zero-order chi connectivity index (χ0) is 18.0. The van der Waals surface area contributed by atoms with Gasteiger partial charge in [0.2, 0.25) is 5.13 Å². The van der Waals surface area contributed by atoms with E-state index in [2.05, 4.69) is 25.7 Å². The number of nitrogens with zero attached hydrogens (tertiary/aromatic N) is 4. The van der Waals surface area contributed by atoms with Crippen LogP contribution in [-0.4, -0.2) is 20.4 Å². The SMILES string of the molecule is Cc1ccc(Nc2nnc(Sc3ccc(C(F)(F)F)nn3)s2)cc1C. The largest absolute Gasteiger partial charge is 0.435 e. The van der Waals surface area contributed by atoms with Crippen molar-refractivity contribution in [2.24, 2.45) is 0 Å². The first-order chi connectivity index (χ1) is 11.8. The van der Waals surface area contributed by atoms with E-state index in [4.69, 9.17) is 0 Å². The van der Waals surface area contributed by atoms with Crippen molar-refractivity contribution in [1.29, 1.82) is 0 Å². The number of halogens is 3. The third-order valence-electron chi connectivity index (χ3n) is 3.29. The molecule has 0 spiro atoms. The number of hydrogen-bond acceptors (Lipinski definition) is 7. The van der Waals surface area contributed by atoms with Crippen molar-refractivity contribution in [3.05, 3.63) is 47.2 Å². The highest BCUT2D eigenvalue weighted by Gasteiger charge is 2.32. The first-order valence-electron chi connectivity index (χ1n) is 7.08. The van der Waals surface area contributed by atoms with E-state index >= 15 is 0 Å². The molecule has 0 bridgehead atoms. The standard InChI is InChI=1S/C15H12F3N5S2/c1-8-3-4-10(7-9(8)2)19-13-22-23-14(25-13)24-12-6-5-11(20-21-12)15(16,17)18/h3-7H,1-2H3,(H,19,22). The Morgan fingerprint density at radius 1 is 0.960 bits per heavy atom. The van der Waals surface area contributed by atoms with Crippen LogP contribution in [0.4, 0.5) is 24.0 Å². The molecule has 1 N–H and O–H groups in total. The fraction of sp³-hybridized carbons (Fsp3) is 0.200. The molecule has 25 heavy (non-hydrogen) atoms. The molecule has 10 heteroatoms. The first kappa shape index (κ1) is 17.6. The summed E-state index contributed by atoms with van der Waals surface area (Å²) < 4.78 is 38.0. The van der Waals surface area contributed by atoms with Crippen LogP contribution in [0.3, 0.4) is 0 Å². The van der Waals surface area contributed by atoms with Crippen molar-refractivity contribution < 1.29 is 13.2 Å². The average molecular weight is 383 g/mol. The number of rotatable bonds is 4. The van der Waals surface area contributed by atoms with E-state index in [1.54, 1.807) is 0 Å². The number of anilines is 2. The molecular formula is C15H12F3N5S2. The smallest absolute Gasteiger partial charge is 0.330 e. The van der Waals surface area contributed by atoms with Crippen molar-refractivity contribution in [2.45, 2.75) is 29.4 Å². The molecule has 2 heterocycles. The van der Waals surface area contributed by atoms with Gasteiger partial charge in [0.05, 0.1) is 0 Å². The highest BCUT2D eigenvalue weighted by Crippen LogP contribution is 2.33. The van der Waals surface area contributed by atoms with Crippen LogP contribution in [0.15, 0.2) is 39.7 Å². The third-order valence-corrected chi connectivity index (χ3v) is 5.10. The molecule has 1 aromatic carbocycles. The zero-order valence-corrected chi connectivity index (χ0v) is 14.8. The number of nitrogens with one attached hydrogen (secondary N) is 1. The Kier molecular flexibility index (Phi) is 4.91. The summed E-state index contributed by atoms with van der Waals surface area (Å²) in [7, 11) is 0. The number of alkyl halides is 3. The van der Waals surface area contributed by atoms with Crippen molar-refractivity contribution >= 4 is 33.9 Å². The Balaban J connectivity index is 1.68. The molecule has 0 fully saturated rings. The van der Waals surface area contributed by atoms with Crippen LogP contribution in [0, 0.1) is 13.8 Å². The summed E-state index contributed by atoms with van der Waals surface area (Å²) in [4.78, 5) is 0. The zero-order valence-electron chi connectivity index (χ0n) is 13.1. The fourth-order valence-electron chi connectivity index (χ4n) is 1.86. The summed E-state index contributed by atoms with van der Waals surface area (Å²) in [5, 5.41) is 18.8. The summed E-state index contributed by atoms with van der Waals surface area (Å²) in [6, 6.07) is 8.11. The minimum atomic E-state index is -4.50. The Labute approximate surface area is 149 Å². The lowest BCUT2D eigenvalue weighted by molar-refractivity contribution is -0.141. The molecule has 2 aromatic heterocycles. The van der Waals surface area contributed by atoms with Gasteiger partial charge in [-0.3, -0.25) is 0 Å². The minimum absolute atomic E-state index is 0.321. The van der Waals surface area contributed by atoms with Gasteiger partial charge in [-0.15, -0.1) is 20.4 Å². The molecule has 3 aromatic rings. The molecule has 0 radical (unpaired) electrons. The van der Waals surface area contributed by atoms with Gasteiger partial charge >= 0.3 is 6.18 Å². The maximum atomic E-state index is 12.5. The molecule has 0 saturated carbocycles. The molecule has 0 amide bonds. The van der Waals surface area contributed by atoms with Crippen LogP contribution in [-0.2, 0) is 6.18 Å². The number of aryl methyl sites for hydroxylation is 2. The van der Waals surface area contributed by atoms with E-state index in [0.29, 0.717) is 14.5 Å². The van der Waals surface area contributed by atoms with Crippen LogP contribution in [0.5, 0.6) is 0 Å². The van der Waals surface area contributed by atoms with Crippen LogP contribution < -0.4 is 5.32 Å². The van der Waals surface area contributed by atoms with E-state index < -0.39 is 11.9 Å². The van der Waals surface area contributed by atoms with Gasteiger partial charge in [0.1, 0.15) is 5.03 Å². The molecule has 130 valence electrons. The maximum Gasteiger partial charge on any atom is 0.435 e. The van der Waals surface area contributed by atoms with Crippen molar-refractivity contribution in [3.63, 3.8) is 0 Å². The van der Waals surface area contributed by atoms with Gasteiger partial charge in [0.15, 0.2) is 10.0 Å². The number of benzene rings is 1. The molecule has 0 atom stereocenters. The van der Waals surface area contributed by atoms with Gasteiger partial charge in [0.25, 0.3) is 0 Å². The summed E-state index contributed by atoms with van der Waals surface area (Å²) in [5.41, 5.74) is 2.22. The molecule has 0 unspecified atom stereocenters. The lowest BCUT2D eigenvalue weighted by Crippen LogP contribution is -2.08. The highest BCUT2D eigenvalue weighted by molar-refractivity contribution is 8.01. The van der Waals surface area contributed by atoms with Crippen LogP contribution >= 0.6 is 23.1 Å². The van der Waals surface area contributed by atoms with E-state index in [-0.39, 0.29) is 0 Å². The van der Waals surface area contributed by atoms with E-state index in [9.17, 15) is 13.2 Å². The van der Waals surface area contributed by atoms with Gasteiger partial charge in [0, 0.05) is 5.69 Å². The highest BCUT2D eigenvalue weighted by atomic mass is 32.2. The Bertz CT molecular complexity index is 878. The Morgan fingerprint density at radius 2 is 1.76 bits per heavy atom. The van der Waals surface area contributed by atoms with Crippen molar-refractivity contribution in [2.75, 3.05) is 5.32 Å². The van der Waals surface area contributed by atoms with Gasteiger partial charge in [-0.05, 0) is 61.0 Å². The van der Waals surface area contributed by atoms with E-state index in [1.807, 2.05) is 32.0 Å². The Hall–Kier alpha value is -2.20. The predicted octanol–water partition coefficient (Wildman–Crippen LogP) is 4.86. The maximum absolute atomic E-state index is 12.5. The first-order valence-corrected chi connectivity index (χ1v) is 8.71. The minimum Gasteiger partial charge on any atom is -0.330 e. The second kappa shape index (κ2) is 6.96. The molecular weight excluding hydrogens is 371 g/mol. The lowest BCUT2D eigenvalue weighted by Gasteiger charge is -2.05. The quantitative estimate of drug-likeness (QED) is 0.694. The summed E-state index contributed by atoms with van der Waals surface area (Å²) in [5.74, 6) is 0. The molecule has 0 aliphatic heterocycles. The van der Waals surface area contributed by atoms with Gasteiger partial charge < -0.3 is 5.32 Å². The van der Waals surface area contributed by atoms with Gasteiger partial charge in [-0.1, -0.05) is 17.4 Å². The fourth-order valence-corrected chi connectivity index (χ4v) is 3.49. The summed E-state index contributed by atoms with van der Waals surface area (Å²) in [6.07, 6.45) is -4.50. The molecule has 5 nitrogen and oxygen atoms in total. The van der Waals surface area contributed by atoms with Crippen LogP contribution in [0.25, 0.3) is 0 Å². The van der Waals surface area contributed by atoms with E-state index in [0.717, 1.165) is 29.1 Å². The normalized spacial score (nSPS) is 11.6. The predicted molar refractivity (Wildman–Crippen MR) is 90.3 cm³/mol. The Morgan fingerprint density at radius 3 is 2.40 bits per heavy atom. The number of hydrogen-bond donors (Lipinski definition) is 1. The van der Waals surface area contributed by atoms with Gasteiger partial charge in [-0.2, -0.15) is 13.2 Å². The molecule has 3 rings (SSSR count). The monoisotopic (exact) mass is 383 g/mol. The van der Waals surface area contributed by atoms with Crippen molar-refractivity contribution in [3.8, 4) is 0 Å².